The SMILES string of the molecule is CN(C)CCn1cc(-c2ccc3c(N4CCOCC4)nc(-c4ccc(NC(=O)Nc5ccc(C(=O)N(C)C)cc5)cc4)nc3c2)cn1. The molecule has 1 aliphatic rings. The Hall–Kier alpha value is -5.33. The summed E-state index contributed by atoms with van der Waals surface area (Å²) in [6, 6.07) is 20.1. The van der Waals surface area contributed by atoms with Gasteiger partial charge in [0.2, 0.25) is 0 Å². The Labute approximate surface area is 274 Å². The third-order valence-corrected chi connectivity index (χ3v) is 7.93. The third-order valence-electron chi connectivity index (χ3n) is 7.93. The molecule has 0 saturated carbocycles. The number of morpholine rings is 1. The lowest BCUT2D eigenvalue weighted by molar-refractivity contribution is 0.0827. The number of carbonyl (C=O) groups excluding carboxylic acids is 2. The molecule has 5 aromatic rings. The van der Waals surface area contributed by atoms with Gasteiger partial charge in [0.1, 0.15) is 5.82 Å². The number of fused-ring (bicyclic) bond motifs is 1. The first kappa shape index (κ1) is 31.6. The predicted octanol–water partition coefficient (Wildman–Crippen LogP) is 4.90. The largest absolute Gasteiger partial charge is 0.378 e. The number of urea groups is 1. The first-order chi connectivity index (χ1) is 22.7. The summed E-state index contributed by atoms with van der Waals surface area (Å²) in [5, 5.41) is 11.2. The molecule has 0 aliphatic carbocycles. The molecule has 12 nitrogen and oxygen atoms in total. The van der Waals surface area contributed by atoms with Crippen LogP contribution in [0, 0.1) is 0 Å². The van der Waals surface area contributed by atoms with Crippen LogP contribution in [-0.4, -0.2) is 103 Å². The van der Waals surface area contributed by atoms with E-state index in [1.807, 2.05) is 35.1 Å². The molecule has 242 valence electrons. The number of nitrogens with zero attached hydrogens (tertiary/aromatic N) is 7. The van der Waals surface area contributed by atoms with Crippen molar-refractivity contribution in [3.63, 3.8) is 0 Å². The van der Waals surface area contributed by atoms with Gasteiger partial charge < -0.3 is 30.1 Å². The Balaban J connectivity index is 1.22. The van der Waals surface area contributed by atoms with Crippen LogP contribution >= 0.6 is 0 Å². The highest BCUT2D eigenvalue weighted by Crippen LogP contribution is 2.32. The van der Waals surface area contributed by atoms with Crippen molar-refractivity contribution in [2.45, 2.75) is 6.54 Å². The van der Waals surface area contributed by atoms with E-state index in [9.17, 15) is 9.59 Å². The fourth-order valence-corrected chi connectivity index (χ4v) is 5.33. The Morgan fingerprint density at radius 2 is 1.49 bits per heavy atom. The summed E-state index contributed by atoms with van der Waals surface area (Å²) < 4.78 is 7.58. The van der Waals surface area contributed by atoms with Crippen LogP contribution < -0.4 is 15.5 Å². The van der Waals surface area contributed by atoms with E-state index >= 15 is 0 Å². The average Bonchev–Trinajstić information content (AvgIpc) is 3.56. The molecule has 0 spiro atoms. The highest BCUT2D eigenvalue weighted by atomic mass is 16.5. The normalized spacial score (nSPS) is 13.2. The molecular formula is C35H39N9O3. The van der Waals surface area contributed by atoms with Gasteiger partial charge in [-0.3, -0.25) is 9.48 Å². The van der Waals surface area contributed by atoms with E-state index in [1.165, 1.54) is 4.90 Å². The van der Waals surface area contributed by atoms with Crippen molar-refractivity contribution >= 4 is 40.0 Å². The summed E-state index contributed by atoms with van der Waals surface area (Å²) >= 11 is 0. The first-order valence-electron chi connectivity index (χ1n) is 15.6. The Morgan fingerprint density at radius 1 is 0.830 bits per heavy atom. The number of hydrogen-bond donors (Lipinski definition) is 2. The highest BCUT2D eigenvalue weighted by Gasteiger charge is 2.19. The molecule has 2 N–H and O–H groups in total. The number of aromatic nitrogens is 4. The van der Waals surface area contributed by atoms with Crippen molar-refractivity contribution in [1.82, 2.24) is 29.5 Å². The van der Waals surface area contributed by atoms with Gasteiger partial charge in [-0.2, -0.15) is 5.10 Å². The number of anilines is 3. The van der Waals surface area contributed by atoms with Crippen LogP contribution in [0.15, 0.2) is 79.1 Å². The van der Waals surface area contributed by atoms with Gasteiger partial charge >= 0.3 is 6.03 Å². The number of ether oxygens (including phenoxy) is 1. The highest BCUT2D eigenvalue weighted by molar-refractivity contribution is 6.00. The Kier molecular flexibility index (Phi) is 9.41. The molecule has 0 radical (unpaired) electrons. The van der Waals surface area contributed by atoms with Crippen molar-refractivity contribution in [2.75, 3.05) is 76.6 Å². The molecule has 1 aliphatic heterocycles. The van der Waals surface area contributed by atoms with Gasteiger partial charge in [0.15, 0.2) is 5.82 Å². The summed E-state index contributed by atoms with van der Waals surface area (Å²) in [6.45, 7) is 4.51. The minimum absolute atomic E-state index is 0.0999. The van der Waals surface area contributed by atoms with E-state index < -0.39 is 6.03 Å². The molecule has 0 atom stereocenters. The van der Waals surface area contributed by atoms with Crippen molar-refractivity contribution in [3.8, 4) is 22.5 Å². The maximum Gasteiger partial charge on any atom is 0.323 e. The number of carbonyl (C=O) groups is 2. The number of rotatable bonds is 9. The lowest BCUT2D eigenvalue weighted by Gasteiger charge is -2.29. The first-order valence-corrected chi connectivity index (χ1v) is 15.6. The van der Waals surface area contributed by atoms with Crippen LogP contribution in [0.4, 0.5) is 22.0 Å². The number of likely N-dealkylation sites (N-methyl/N-ethyl adjacent to an activating group) is 1. The summed E-state index contributed by atoms with van der Waals surface area (Å²) in [5.74, 6) is 1.37. The molecule has 12 heteroatoms. The second-order valence-electron chi connectivity index (χ2n) is 11.9. The van der Waals surface area contributed by atoms with Gasteiger partial charge in [-0.05, 0) is 80.3 Å². The molecular weight excluding hydrogens is 594 g/mol. The topological polar surface area (TPSA) is 121 Å². The summed E-state index contributed by atoms with van der Waals surface area (Å²) in [5.41, 5.74) is 5.49. The zero-order valence-electron chi connectivity index (χ0n) is 27.1. The van der Waals surface area contributed by atoms with E-state index in [2.05, 4.69) is 64.0 Å². The van der Waals surface area contributed by atoms with Crippen molar-refractivity contribution < 1.29 is 14.3 Å². The number of nitrogens with one attached hydrogen (secondary N) is 2. The van der Waals surface area contributed by atoms with Gasteiger partial charge in [-0.25, -0.2) is 14.8 Å². The standard InChI is InChI=1S/C35H39N9O3/c1-41(2)15-16-44-23-27(22-36-44)26-9-14-30-31(21-26)39-32(40-33(30)43-17-19-47-20-18-43)24-5-10-28(11-6-24)37-35(46)38-29-12-7-25(8-13-29)34(45)42(3)4/h5-14,21-23H,15-20H2,1-4H3,(H2,37,38,46). The smallest absolute Gasteiger partial charge is 0.323 e. The zero-order valence-corrected chi connectivity index (χ0v) is 27.1. The van der Waals surface area contributed by atoms with Gasteiger partial charge in [-0.15, -0.1) is 0 Å². The maximum absolute atomic E-state index is 12.7. The monoisotopic (exact) mass is 633 g/mol. The molecule has 3 heterocycles. The fourth-order valence-electron chi connectivity index (χ4n) is 5.33. The molecule has 3 amide bonds. The van der Waals surface area contributed by atoms with E-state index in [0.717, 1.165) is 59.6 Å². The van der Waals surface area contributed by atoms with E-state index in [1.54, 1.807) is 38.4 Å². The number of amides is 3. The summed E-state index contributed by atoms with van der Waals surface area (Å²) in [6.07, 6.45) is 3.96. The van der Waals surface area contributed by atoms with Gasteiger partial charge in [0.05, 0.1) is 31.5 Å². The molecule has 2 aromatic heterocycles. The molecule has 47 heavy (non-hydrogen) atoms. The molecule has 1 fully saturated rings. The van der Waals surface area contributed by atoms with Crippen LogP contribution in [0.3, 0.4) is 0 Å². The second-order valence-corrected chi connectivity index (χ2v) is 11.9. The second kappa shape index (κ2) is 14.0. The minimum Gasteiger partial charge on any atom is -0.378 e. The third kappa shape index (κ3) is 7.56. The molecule has 3 aromatic carbocycles. The van der Waals surface area contributed by atoms with Crippen LogP contribution in [-0.2, 0) is 11.3 Å². The maximum atomic E-state index is 12.7. The lowest BCUT2D eigenvalue weighted by atomic mass is 10.1. The van der Waals surface area contributed by atoms with Crippen LogP contribution in [0.5, 0.6) is 0 Å². The van der Waals surface area contributed by atoms with Crippen molar-refractivity contribution in [2.24, 2.45) is 0 Å². The van der Waals surface area contributed by atoms with Gasteiger partial charge in [-0.1, -0.05) is 6.07 Å². The molecule has 0 unspecified atom stereocenters. The van der Waals surface area contributed by atoms with E-state index in [-0.39, 0.29) is 5.91 Å². The van der Waals surface area contributed by atoms with Crippen LogP contribution in [0.2, 0.25) is 0 Å². The van der Waals surface area contributed by atoms with E-state index in [4.69, 9.17) is 14.7 Å². The number of benzene rings is 3. The number of hydrogen-bond acceptors (Lipinski definition) is 8. The van der Waals surface area contributed by atoms with E-state index in [0.29, 0.717) is 36.0 Å². The quantitative estimate of drug-likeness (QED) is 0.235. The Bertz CT molecular complexity index is 1860. The molecule has 6 rings (SSSR count). The van der Waals surface area contributed by atoms with Gasteiger partial charge in [0.25, 0.3) is 5.91 Å². The van der Waals surface area contributed by atoms with Gasteiger partial charge in [0, 0.05) is 73.4 Å². The van der Waals surface area contributed by atoms with Crippen LogP contribution in [0.25, 0.3) is 33.4 Å². The minimum atomic E-state index is -0.390. The Morgan fingerprint density at radius 3 is 2.15 bits per heavy atom. The van der Waals surface area contributed by atoms with Crippen molar-refractivity contribution in [1.29, 1.82) is 0 Å². The summed E-state index contributed by atoms with van der Waals surface area (Å²) in [7, 11) is 7.50. The van der Waals surface area contributed by atoms with Crippen molar-refractivity contribution in [3.05, 3.63) is 84.7 Å². The predicted molar refractivity (Wildman–Crippen MR) is 185 cm³/mol. The fraction of sp³-hybridized carbons (Fsp3) is 0.286. The average molecular weight is 634 g/mol. The summed E-state index contributed by atoms with van der Waals surface area (Å²) in [4.78, 5) is 40.8. The molecule has 0 bridgehead atoms. The zero-order chi connectivity index (χ0) is 32.9. The van der Waals surface area contributed by atoms with Crippen LogP contribution in [0.1, 0.15) is 10.4 Å². The molecule has 1 saturated heterocycles. The lowest BCUT2D eigenvalue weighted by Crippen LogP contribution is -2.37.